The molecular formula is C22H29N3O3S. The highest BCUT2D eigenvalue weighted by atomic mass is 32.1. The Morgan fingerprint density at radius 2 is 1.93 bits per heavy atom. The molecule has 0 spiro atoms. The lowest BCUT2D eigenvalue weighted by molar-refractivity contribution is -0.121. The van der Waals surface area contributed by atoms with Crippen molar-refractivity contribution in [2.24, 2.45) is 0 Å². The standard InChI is InChI=1S/C22H29N3O3S/c1-28-19-9-3-2-8-17(19)18(25-13-4-5-14-25)16-24-21(26)11-6-12-23-22(27)20-10-7-15-29-20/h2-3,7-10,15,18H,4-6,11-14,16H2,1H3,(H,23,27)(H,24,26). The summed E-state index contributed by atoms with van der Waals surface area (Å²) >= 11 is 1.41. The molecule has 7 heteroatoms. The van der Waals surface area contributed by atoms with Crippen molar-refractivity contribution in [3.63, 3.8) is 0 Å². The molecule has 3 rings (SSSR count). The molecule has 2 aromatic rings. The Bertz CT molecular complexity index is 788. The largest absolute Gasteiger partial charge is 0.496 e. The van der Waals surface area contributed by atoms with Crippen LogP contribution in [0.3, 0.4) is 0 Å². The van der Waals surface area contributed by atoms with E-state index in [2.05, 4.69) is 21.6 Å². The van der Waals surface area contributed by atoms with E-state index in [1.54, 1.807) is 13.2 Å². The van der Waals surface area contributed by atoms with Crippen LogP contribution in [0.2, 0.25) is 0 Å². The van der Waals surface area contributed by atoms with Gasteiger partial charge in [-0.05, 0) is 49.9 Å². The number of hydrogen-bond acceptors (Lipinski definition) is 5. The molecule has 1 unspecified atom stereocenters. The Hall–Kier alpha value is -2.38. The molecule has 1 atom stereocenters. The fourth-order valence-corrected chi connectivity index (χ4v) is 4.32. The third kappa shape index (κ3) is 6.05. The minimum atomic E-state index is -0.0781. The molecule has 1 aromatic carbocycles. The number of para-hydroxylation sites is 1. The van der Waals surface area contributed by atoms with Crippen molar-refractivity contribution < 1.29 is 14.3 Å². The fraction of sp³-hybridized carbons (Fsp3) is 0.455. The number of nitrogens with one attached hydrogen (secondary N) is 2. The summed E-state index contributed by atoms with van der Waals surface area (Å²) in [6.45, 7) is 3.12. The summed E-state index contributed by atoms with van der Waals surface area (Å²) in [7, 11) is 1.68. The maximum Gasteiger partial charge on any atom is 0.261 e. The molecule has 1 aliphatic heterocycles. The van der Waals surface area contributed by atoms with Crippen molar-refractivity contribution in [1.29, 1.82) is 0 Å². The maximum absolute atomic E-state index is 12.3. The van der Waals surface area contributed by atoms with Crippen molar-refractivity contribution in [3.05, 3.63) is 52.2 Å². The number of thiophene rings is 1. The fourth-order valence-electron chi connectivity index (χ4n) is 3.68. The first-order valence-corrected chi connectivity index (χ1v) is 11.0. The normalized spacial score (nSPS) is 15.1. The molecular weight excluding hydrogens is 386 g/mol. The summed E-state index contributed by atoms with van der Waals surface area (Å²) in [6, 6.07) is 11.8. The quantitative estimate of drug-likeness (QED) is 0.585. The predicted molar refractivity (Wildman–Crippen MR) is 115 cm³/mol. The van der Waals surface area contributed by atoms with Crippen LogP contribution in [0, 0.1) is 0 Å². The van der Waals surface area contributed by atoms with Gasteiger partial charge in [0.2, 0.25) is 5.91 Å². The second-order valence-electron chi connectivity index (χ2n) is 7.14. The average molecular weight is 416 g/mol. The number of carbonyl (C=O) groups excluding carboxylic acids is 2. The number of likely N-dealkylation sites (tertiary alicyclic amines) is 1. The lowest BCUT2D eigenvalue weighted by atomic mass is 10.0. The number of hydrogen-bond donors (Lipinski definition) is 2. The minimum absolute atomic E-state index is 0.00877. The van der Waals surface area contributed by atoms with E-state index in [1.165, 1.54) is 24.2 Å². The van der Waals surface area contributed by atoms with Crippen molar-refractivity contribution in [2.45, 2.75) is 31.7 Å². The average Bonchev–Trinajstić information content (AvgIpc) is 3.46. The zero-order valence-corrected chi connectivity index (χ0v) is 17.7. The molecule has 2 heterocycles. The third-order valence-corrected chi connectivity index (χ3v) is 6.05. The zero-order chi connectivity index (χ0) is 20.5. The van der Waals surface area contributed by atoms with E-state index in [-0.39, 0.29) is 17.9 Å². The van der Waals surface area contributed by atoms with Crippen molar-refractivity contribution in [3.8, 4) is 5.75 Å². The van der Waals surface area contributed by atoms with Gasteiger partial charge in [0.1, 0.15) is 5.75 Å². The lowest BCUT2D eigenvalue weighted by Crippen LogP contribution is -2.37. The van der Waals surface area contributed by atoms with Crippen molar-refractivity contribution in [1.82, 2.24) is 15.5 Å². The number of benzene rings is 1. The van der Waals surface area contributed by atoms with E-state index in [4.69, 9.17) is 4.74 Å². The second kappa shape index (κ2) is 11.0. The van der Waals surface area contributed by atoms with Gasteiger partial charge < -0.3 is 15.4 Å². The van der Waals surface area contributed by atoms with Gasteiger partial charge in [0.25, 0.3) is 5.91 Å². The van der Waals surface area contributed by atoms with Crippen LogP contribution >= 0.6 is 11.3 Å². The van der Waals surface area contributed by atoms with Crippen LogP contribution in [0.5, 0.6) is 5.75 Å². The number of ether oxygens (including phenoxy) is 1. The molecule has 156 valence electrons. The van der Waals surface area contributed by atoms with Crippen LogP contribution < -0.4 is 15.4 Å². The minimum Gasteiger partial charge on any atom is -0.496 e. The topological polar surface area (TPSA) is 70.7 Å². The molecule has 1 fully saturated rings. The Labute approximate surface area is 176 Å². The monoisotopic (exact) mass is 415 g/mol. The van der Waals surface area contributed by atoms with Gasteiger partial charge in [-0.1, -0.05) is 24.3 Å². The highest BCUT2D eigenvalue weighted by Crippen LogP contribution is 2.31. The summed E-state index contributed by atoms with van der Waals surface area (Å²) < 4.78 is 5.55. The Kier molecular flexibility index (Phi) is 8.07. The number of amides is 2. The van der Waals surface area contributed by atoms with E-state index in [1.807, 2.05) is 29.6 Å². The maximum atomic E-state index is 12.3. The summed E-state index contributed by atoms with van der Waals surface area (Å²) in [5.41, 5.74) is 1.11. The van der Waals surface area contributed by atoms with Crippen LogP contribution in [0.4, 0.5) is 0 Å². The molecule has 1 saturated heterocycles. The SMILES string of the molecule is COc1ccccc1C(CNC(=O)CCCNC(=O)c1cccs1)N1CCCC1. The summed E-state index contributed by atoms with van der Waals surface area (Å²) in [6.07, 6.45) is 3.38. The van der Waals surface area contributed by atoms with Crippen LogP contribution in [0.1, 0.15) is 47.0 Å². The van der Waals surface area contributed by atoms with Crippen LogP contribution in [-0.4, -0.2) is 50.0 Å². The third-order valence-electron chi connectivity index (χ3n) is 5.18. The Morgan fingerprint density at radius 1 is 1.14 bits per heavy atom. The van der Waals surface area contributed by atoms with Crippen LogP contribution in [0.25, 0.3) is 0 Å². The van der Waals surface area contributed by atoms with Gasteiger partial charge in [0.15, 0.2) is 0 Å². The molecule has 0 aliphatic carbocycles. The van der Waals surface area contributed by atoms with Crippen molar-refractivity contribution in [2.75, 3.05) is 33.3 Å². The molecule has 1 aliphatic rings. The number of rotatable bonds is 10. The second-order valence-corrected chi connectivity index (χ2v) is 8.09. The lowest BCUT2D eigenvalue weighted by Gasteiger charge is -2.29. The van der Waals surface area contributed by atoms with Crippen LogP contribution in [-0.2, 0) is 4.79 Å². The first-order chi connectivity index (χ1) is 14.2. The zero-order valence-electron chi connectivity index (χ0n) is 16.9. The molecule has 2 amide bonds. The van der Waals surface area contributed by atoms with Gasteiger partial charge in [0, 0.05) is 25.1 Å². The number of methoxy groups -OCH3 is 1. The predicted octanol–water partition coefficient (Wildman–Crippen LogP) is 3.22. The highest BCUT2D eigenvalue weighted by Gasteiger charge is 2.26. The van der Waals surface area contributed by atoms with E-state index in [9.17, 15) is 9.59 Å². The molecule has 6 nitrogen and oxygen atoms in total. The van der Waals surface area contributed by atoms with Crippen molar-refractivity contribution >= 4 is 23.2 Å². The van der Waals surface area contributed by atoms with E-state index in [0.29, 0.717) is 30.8 Å². The van der Waals surface area contributed by atoms with Gasteiger partial charge >= 0.3 is 0 Å². The molecule has 1 aromatic heterocycles. The van der Waals surface area contributed by atoms with E-state index in [0.717, 1.165) is 24.4 Å². The molecule has 29 heavy (non-hydrogen) atoms. The van der Waals surface area contributed by atoms with Gasteiger partial charge in [-0.15, -0.1) is 11.3 Å². The number of nitrogens with zero attached hydrogens (tertiary/aromatic N) is 1. The molecule has 0 saturated carbocycles. The molecule has 0 bridgehead atoms. The molecule has 2 N–H and O–H groups in total. The van der Waals surface area contributed by atoms with E-state index >= 15 is 0 Å². The first kappa shape index (κ1) is 21.3. The summed E-state index contributed by atoms with van der Waals surface area (Å²) in [4.78, 5) is 27.4. The van der Waals surface area contributed by atoms with Crippen LogP contribution in [0.15, 0.2) is 41.8 Å². The van der Waals surface area contributed by atoms with Gasteiger partial charge in [-0.2, -0.15) is 0 Å². The van der Waals surface area contributed by atoms with Gasteiger partial charge in [-0.25, -0.2) is 0 Å². The van der Waals surface area contributed by atoms with Gasteiger partial charge in [0.05, 0.1) is 18.0 Å². The summed E-state index contributed by atoms with van der Waals surface area (Å²) in [5, 5.41) is 7.81. The smallest absolute Gasteiger partial charge is 0.261 e. The highest BCUT2D eigenvalue weighted by molar-refractivity contribution is 7.12. The first-order valence-electron chi connectivity index (χ1n) is 10.1. The molecule has 0 radical (unpaired) electrons. The number of carbonyl (C=O) groups is 2. The Balaban J connectivity index is 1.47. The Morgan fingerprint density at radius 3 is 2.66 bits per heavy atom. The van der Waals surface area contributed by atoms with E-state index < -0.39 is 0 Å². The van der Waals surface area contributed by atoms with Gasteiger partial charge in [-0.3, -0.25) is 14.5 Å². The summed E-state index contributed by atoms with van der Waals surface area (Å²) in [5.74, 6) is 0.787.